The Kier molecular flexibility index (Phi) is 2.62. The number of hydrogen-bond donors (Lipinski definition) is 2. The van der Waals surface area contributed by atoms with Crippen LogP contribution in [0, 0.1) is 0 Å². The quantitative estimate of drug-likeness (QED) is 0.741. The maximum Gasteiger partial charge on any atom is 0.212 e. The number of anilines is 1. The van der Waals surface area contributed by atoms with E-state index in [2.05, 4.69) is 27.4 Å². The number of rotatable bonds is 4. The lowest BCUT2D eigenvalue weighted by atomic mass is 10.2. The number of nitrogens with one attached hydrogen (secondary N) is 2. The summed E-state index contributed by atoms with van der Waals surface area (Å²) >= 11 is 0. The van der Waals surface area contributed by atoms with E-state index in [1.54, 1.807) is 12.3 Å². The topological polar surface area (TPSA) is 70.7 Å². The van der Waals surface area contributed by atoms with E-state index in [-0.39, 0.29) is 0 Å². The van der Waals surface area contributed by atoms with E-state index in [0.29, 0.717) is 12.2 Å². The molecule has 2 rings (SSSR count). The van der Waals surface area contributed by atoms with Crippen LogP contribution in [-0.4, -0.2) is 21.6 Å². The summed E-state index contributed by atoms with van der Waals surface area (Å²) in [7, 11) is 0. The Hall–Kier alpha value is -1.91. The first-order chi connectivity index (χ1) is 7.35. The first-order valence-electron chi connectivity index (χ1n) is 4.88. The standard InChI is InChI=1S/C10H12N4O/c1-2-3-8-7-5-11-10(12-6-15)4-9(7)14-13-8/h4-6H,2-3H2,1H3,(H,13,14)(H,11,12,15). The van der Waals surface area contributed by atoms with Crippen LogP contribution in [0.5, 0.6) is 0 Å². The molecule has 2 aromatic rings. The van der Waals surface area contributed by atoms with Crippen LogP contribution in [0.2, 0.25) is 0 Å². The highest BCUT2D eigenvalue weighted by Gasteiger charge is 2.05. The minimum atomic E-state index is 0.520. The third-order valence-electron chi connectivity index (χ3n) is 2.23. The highest BCUT2D eigenvalue weighted by Crippen LogP contribution is 2.18. The van der Waals surface area contributed by atoms with Gasteiger partial charge in [0, 0.05) is 23.3 Å². The second-order valence-corrected chi connectivity index (χ2v) is 3.30. The van der Waals surface area contributed by atoms with E-state index in [4.69, 9.17) is 0 Å². The van der Waals surface area contributed by atoms with Gasteiger partial charge in [-0.15, -0.1) is 0 Å². The molecule has 0 fully saturated rings. The normalized spacial score (nSPS) is 10.5. The number of carbonyl (C=O) groups is 1. The summed E-state index contributed by atoms with van der Waals surface area (Å²) in [6.07, 6.45) is 4.35. The zero-order valence-corrected chi connectivity index (χ0v) is 8.45. The number of H-pyrrole nitrogens is 1. The first-order valence-corrected chi connectivity index (χ1v) is 4.88. The Bertz CT molecular complexity index is 477. The molecule has 2 aromatic heterocycles. The van der Waals surface area contributed by atoms with Crippen molar-refractivity contribution in [3.63, 3.8) is 0 Å². The summed E-state index contributed by atoms with van der Waals surface area (Å²) in [5.41, 5.74) is 1.93. The third kappa shape index (κ3) is 1.81. The maximum absolute atomic E-state index is 10.2. The fourth-order valence-electron chi connectivity index (χ4n) is 1.54. The van der Waals surface area contributed by atoms with Crippen LogP contribution in [-0.2, 0) is 11.2 Å². The molecule has 78 valence electrons. The van der Waals surface area contributed by atoms with Crippen LogP contribution >= 0.6 is 0 Å². The van der Waals surface area contributed by atoms with Gasteiger partial charge in [-0.2, -0.15) is 5.10 Å². The van der Waals surface area contributed by atoms with Crippen molar-refractivity contribution >= 4 is 23.1 Å². The van der Waals surface area contributed by atoms with Crippen LogP contribution in [0.15, 0.2) is 12.3 Å². The molecule has 0 saturated carbocycles. The number of hydrogen-bond acceptors (Lipinski definition) is 3. The zero-order chi connectivity index (χ0) is 10.7. The van der Waals surface area contributed by atoms with Gasteiger partial charge in [0.25, 0.3) is 0 Å². The van der Waals surface area contributed by atoms with E-state index >= 15 is 0 Å². The van der Waals surface area contributed by atoms with Gasteiger partial charge in [-0.3, -0.25) is 9.89 Å². The summed E-state index contributed by atoms with van der Waals surface area (Å²) < 4.78 is 0. The first kappa shape index (κ1) is 9.64. The molecule has 0 radical (unpaired) electrons. The molecule has 0 atom stereocenters. The zero-order valence-electron chi connectivity index (χ0n) is 8.45. The lowest BCUT2D eigenvalue weighted by Crippen LogP contribution is -1.95. The molecule has 2 N–H and O–H groups in total. The molecule has 0 spiro atoms. The van der Waals surface area contributed by atoms with Gasteiger partial charge in [0.2, 0.25) is 6.41 Å². The Morgan fingerprint density at radius 3 is 3.20 bits per heavy atom. The number of aryl methyl sites for hydroxylation is 1. The maximum atomic E-state index is 10.2. The van der Waals surface area contributed by atoms with E-state index in [1.165, 1.54) is 0 Å². The lowest BCUT2D eigenvalue weighted by molar-refractivity contribution is -0.105. The Morgan fingerprint density at radius 1 is 1.60 bits per heavy atom. The molecule has 5 heteroatoms. The molecule has 0 bridgehead atoms. The monoisotopic (exact) mass is 204 g/mol. The van der Waals surface area contributed by atoms with Gasteiger partial charge < -0.3 is 5.32 Å². The van der Waals surface area contributed by atoms with Gasteiger partial charge in [-0.25, -0.2) is 4.98 Å². The molecular formula is C10H12N4O. The molecule has 0 saturated heterocycles. The van der Waals surface area contributed by atoms with Crippen LogP contribution in [0.3, 0.4) is 0 Å². The van der Waals surface area contributed by atoms with Gasteiger partial charge in [0.05, 0.1) is 5.52 Å². The largest absolute Gasteiger partial charge is 0.313 e. The average Bonchev–Trinajstić information content (AvgIpc) is 2.62. The van der Waals surface area contributed by atoms with Gasteiger partial charge in [0.15, 0.2) is 0 Å². The molecule has 0 aliphatic rings. The number of fused-ring (bicyclic) bond motifs is 1. The molecule has 1 amide bonds. The Morgan fingerprint density at radius 2 is 2.47 bits per heavy atom. The van der Waals surface area contributed by atoms with E-state index in [0.717, 1.165) is 29.4 Å². The smallest absolute Gasteiger partial charge is 0.212 e. The highest BCUT2D eigenvalue weighted by molar-refractivity contribution is 5.84. The fraction of sp³-hybridized carbons (Fsp3) is 0.300. The summed E-state index contributed by atoms with van der Waals surface area (Å²) in [4.78, 5) is 14.3. The van der Waals surface area contributed by atoms with E-state index in [1.807, 2.05) is 0 Å². The minimum Gasteiger partial charge on any atom is -0.313 e. The van der Waals surface area contributed by atoms with Crippen LogP contribution in [0.4, 0.5) is 5.82 Å². The van der Waals surface area contributed by atoms with Crippen LogP contribution < -0.4 is 5.32 Å². The molecule has 5 nitrogen and oxygen atoms in total. The summed E-state index contributed by atoms with van der Waals surface area (Å²) in [6.45, 7) is 2.11. The number of aromatic nitrogens is 3. The van der Waals surface area contributed by atoms with Crippen LogP contribution in [0.25, 0.3) is 10.9 Å². The highest BCUT2D eigenvalue weighted by atomic mass is 16.1. The van der Waals surface area contributed by atoms with E-state index < -0.39 is 0 Å². The summed E-state index contributed by atoms with van der Waals surface area (Å²) in [6, 6.07) is 1.75. The van der Waals surface area contributed by atoms with Gasteiger partial charge in [-0.05, 0) is 6.42 Å². The van der Waals surface area contributed by atoms with Crippen molar-refractivity contribution in [2.45, 2.75) is 19.8 Å². The molecule has 15 heavy (non-hydrogen) atoms. The van der Waals surface area contributed by atoms with Crippen molar-refractivity contribution in [1.29, 1.82) is 0 Å². The van der Waals surface area contributed by atoms with Crippen molar-refractivity contribution in [3.8, 4) is 0 Å². The number of nitrogens with zero attached hydrogens (tertiary/aromatic N) is 2. The predicted molar refractivity (Wildman–Crippen MR) is 57.6 cm³/mol. The van der Waals surface area contributed by atoms with Gasteiger partial charge in [0.1, 0.15) is 5.82 Å². The lowest BCUT2D eigenvalue weighted by Gasteiger charge is -1.97. The summed E-state index contributed by atoms with van der Waals surface area (Å²) in [5.74, 6) is 0.520. The molecular weight excluding hydrogens is 192 g/mol. The predicted octanol–water partition coefficient (Wildman–Crippen LogP) is 1.48. The fourth-order valence-corrected chi connectivity index (χ4v) is 1.54. The van der Waals surface area contributed by atoms with Crippen LogP contribution in [0.1, 0.15) is 19.0 Å². The van der Waals surface area contributed by atoms with Crippen molar-refractivity contribution in [2.24, 2.45) is 0 Å². The van der Waals surface area contributed by atoms with Crippen molar-refractivity contribution in [1.82, 2.24) is 15.2 Å². The summed E-state index contributed by atoms with van der Waals surface area (Å²) in [5, 5.41) is 10.7. The van der Waals surface area contributed by atoms with Crippen molar-refractivity contribution in [3.05, 3.63) is 18.0 Å². The Labute approximate surface area is 86.9 Å². The number of aromatic amines is 1. The van der Waals surface area contributed by atoms with E-state index in [9.17, 15) is 4.79 Å². The minimum absolute atomic E-state index is 0.520. The molecule has 0 unspecified atom stereocenters. The van der Waals surface area contributed by atoms with Gasteiger partial charge in [-0.1, -0.05) is 13.3 Å². The molecule has 2 heterocycles. The van der Waals surface area contributed by atoms with Crippen molar-refractivity contribution < 1.29 is 4.79 Å². The molecule has 0 aliphatic carbocycles. The van der Waals surface area contributed by atoms with Gasteiger partial charge >= 0.3 is 0 Å². The SMILES string of the molecule is CCCc1[nH]nc2cc(NC=O)ncc12. The number of carbonyl (C=O) groups excluding carboxylic acids is 1. The average molecular weight is 204 g/mol. The third-order valence-corrected chi connectivity index (χ3v) is 2.23. The van der Waals surface area contributed by atoms with Crippen molar-refractivity contribution in [2.75, 3.05) is 5.32 Å². The second-order valence-electron chi connectivity index (χ2n) is 3.30. The second kappa shape index (κ2) is 4.08. The number of amides is 1. The number of pyridine rings is 1. The molecule has 0 aliphatic heterocycles. The Balaban J connectivity index is 2.42. The molecule has 0 aromatic carbocycles.